The third kappa shape index (κ3) is 3.81. The van der Waals surface area contributed by atoms with E-state index in [-0.39, 0.29) is 11.9 Å². The third-order valence-electron chi connectivity index (χ3n) is 3.00. The van der Waals surface area contributed by atoms with Crippen LogP contribution < -0.4 is 5.32 Å². The van der Waals surface area contributed by atoms with Crippen molar-refractivity contribution in [3.05, 3.63) is 48.0 Å². The first-order valence-corrected chi connectivity index (χ1v) is 6.59. The molecule has 0 aliphatic heterocycles. The van der Waals surface area contributed by atoms with Gasteiger partial charge in [0.15, 0.2) is 0 Å². The molecule has 1 N–H and O–H groups in total. The summed E-state index contributed by atoms with van der Waals surface area (Å²) < 4.78 is 14.7. The number of halogens is 1. The van der Waals surface area contributed by atoms with E-state index in [0.29, 0.717) is 6.04 Å². The molecule has 102 valence electrons. The molecule has 3 nitrogen and oxygen atoms in total. The lowest BCUT2D eigenvalue weighted by molar-refractivity contribution is 0.532. The van der Waals surface area contributed by atoms with Gasteiger partial charge in [0, 0.05) is 18.3 Å². The molecule has 1 heterocycles. The highest BCUT2D eigenvalue weighted by molar-refractivity contribution is 5.39. The molecule has 0 amide bonds. The standard InChI is InChI=1S/C15H20FN3/c1-11(2)19-10-15(9-17-19)18-12(3)8-13-4-6-14(16)7-5-13/h4-7,9-12,18H,8H2,1-3H3. The van der Waals surface area contributed by atoms with Gasteiger partial charge in [-0.25, -0.2) is 4.39 Å². The van der Waals surface area contributed by atoms with Crippen molar-refractivity contribution in [2.75, 3.05) is 5.32 Å². The van der Waals surface area contributed by atoms with Gasteiger partial charge in [-0.05, 0) is 44.9 Å². The predicted octanol–water partition coefficient (Wildman–Crippen LogP) is 3.65. The van der Waals surface area contributed by atoms with Crippen LogP contribution in [-0.2, 0) is 6.42 Å². The summed E-state index contributed by atoms with van der Waals surface area (Å²) in [5.41, 5.74) is 2.14. The van der Waals surface area contributed by atoms with Gasteiger partial charge in [-0.2, -0.15) is 5.10 Å². The highest BCUT2D eigenvalue weighted by Crippen LogP contribution is 2.13. The summed E-state index contributed by atoms with van der Waals surface area (Å²) in [4.78, 5) is 0. The highest BCUT2D eigenvalue weighted by atomic mass is 19.1. The van der Waals surface area contributed by atoms with Gasteiger partial charge in [0.2, 0.25) is 0 Å². The van der Waals surface area contributed by atoms with Gasteiger partial charge in [0.05, 0.1) is 11.9 Å². The zero-order chi connectivity index (χ0) is 13.8. The number of hydrogen-bond acceptors (Lipinski definition) is 2. The van der Waals surface area contributed by atoms with Crippen molar-refractivity contribution in [1.82, 2.24) is 9.78 Å². The van der Waals surface area contributed by atoms with Crippen LogP contribution >= 0.6 is 0 Å². The first-order valence-electron chi connectivity index (χ1n) is 6.59. The summed E-state index contributed by atoms with van der Waals surface area (Å²) in [5.74, 6) is -0.192. The molecule has 2 aromatic rings. The summed E-state index contributed by atoms with van der Waals surface area (Å²) in [6, 6.07) is 7.28. The maximum absolute atomic E-state index is 12.8. The van der Waals surface area contributed by atoms with Crippen LogP contribution in [0.4, 0.5) is 10.1 Å². The van der Waals surface area contributed by atoms with Crippen molar-refractivity contribution in [3.63, 3.8) is 0 Å². The molecule has 1 atom stereocenters. The van der Waals surface area contributed by atoms with Crippen molar-refractivity contribution in [1.29, 1.82) is 0 Å². The van der Waals surface area contributed by atoms with E-state index < -0.39 is 0 Å². The summed E-state index contributed by atoms with van der Waals surface area (Å²) in [6.45, 7) is 6.30. The fourth-order valence-electron chi connectivity index (χ4n) is 2.00. The maximum atomic E-state index is 12.8. The zero-order valence-corrected chi connectivity index (χ0v) is 11.6. The lowest BCUT2D eigenvalue weighted by atomic mass is 10.1. The first kappa shape index (κ1) is 13.6. The fraction of sp³-hybridized carbons (Fsp3) is 0.400. The fourth-order valence-corrected chi connectivity index (χ4v) is 2.00. The quantitative estimate of drug-likeness (QED) is 0.890. The Morgan fingerprint density at radius 3 is 2.47 bits per heavy atom. The summed E-state index contributed by atoms with van der Waals surface area (Å²) in [5, 5.41) is 7.70. The van der Waals surface area contributed by atoms with Crippen LogP contribution in [0.25, 0.3) is 0 Å². The Bertz CT molecular complexity index is 516. The molecule has 0 bridgehead atoms. The predicted molar refractivity (Wildman–Crippen MR) is 75.8 cm³/mol. The number of aromatic nitrogens is 2. The van der Waals surface area contributed by atoms with E-state index in [0.717, 1.165) is 17.7 Å². The van der Waals surface area contributed by atoms with Crippen molar-refractivity contribution < 1.29 is 4.39 Å². The Hall–Kier alpha value is -1.84. The number of benzene rings is 1. The maximum Gasteiger partial charge on any atom is 0.123 e. The minimum atomic E-state index is -0.192. The number of nitrogens with zero attached hydrogens (tertiary/aromatic N) is 2. The molecular weight excluding hydrogens is 241 g/mol. The van der Waals surface area contributed by atoms with E-state index in [1.165, 1.54) is 12.1 Å². The Morgan fingerprint density at radius 2 is 1.89 bits per heavy atom. The molecule has 4 heteroatoms. The molecule has 0 saturated heterocycles. The van der Waals surface area contributed by atoms with Crippen LogP contribution in [0.2, 0.25) is 0 Å². The monoisotopic (exact) mass is 261 g/mol. The van der Waals surface area contributed by atoms with E-state index >= 15 is 0 Å². The number of nitrogens with one attached hydrogen (secondary N) is 1. The molecule has 0 aliphatic rings. The van der Waals surface area contributed by atoms with Crippen LogP contribution in [0.15, 0.2) is 36.7 Å². The van der Waals surface area contributed by atoms with Gasteiger partial charge in [-0.3, -0.25) is 4.68 Å². The highest BCUT2D eigenvalue weighted by Gasteiger charge is 2.06. The van der Waals surface area contributed by atoms with Crippen LogP contribution in [-0.4, -0.2) is 15.8 Å². The lowest BCUT2D eigenvalue weighted by Gasteiger charge is -2.13. The van der Waals surface area contributed by atoms with E-state index in [4.69, 9.17) is 0 Å². The molecule has 0 aliphatic carbocycles. The Balaban J connectivity index is 1.93. The molecule has 1 unspecified atom stereocenters. The van der Waals surface area contributed by atoms with Gasteiger partial charge in [0.1, 0.15) is 5.82 Å². The van der Waals surface area contributed by atoms with E-state index in [1.807, 2.05) is 29.2 Å². The average Bonchev–Trinajstić information content (AvgIpc) is 2.80. The van der Waals surface area contributed by atoms with Crippen LogP contribution in [0.1, 0.15) is 32.4 Å². The van der Waals surface area contributed by atoms with Crippen LogP contribution in [0.3, 0.4) is 0 Å². The Labute approximate surface area is 113 Å². The molecule has 2 rings (SSSR count). The van der Waals surface area contributed by atoms with Gasteiger partial charge < -0.3 is 5.32 Å². The van der Waals surface area contributed by atoms with Crippen molar-refractivity contribution >= 4 is 5.69 Å². The molecular formula is C15H20FN3. The van der Waals surface area contributed by atoms with Gasteiger partial charge >= 0.3 is 0 Å². The smallest absolute Gasteiger partial charge is 0.123 e. The Morgan fingerprint density at radius 1 is 1.21 bits per heavy atom. The molecule has 0 radical (unpaired) electrons. The second kappa shape index (κ2) is 5.87. The van der Waals surface area contributed by atoms with Gasteiger partial charge in [-0.15, -0.1) is 0 Å². The third-order valence-corrected chi connectivity index (χ3v) is 3.00. The molecule has 0 spiro atoms. The summed E-state index contributed by atoms with van der Waals surface area (Å²) in [6.07, 6.45) is 4.69. The SMILES string of the molecule is CC(Cc1ccc(F)cc1)Nc1cnn(C(C)C)c1. The zero-order valence-electron chi connectivity index (χ0n) is 11.6. The minimum absolute atomic E-state index is 0.192. The normalized spacial score (nSPS) is 12.7. The summed E-state index contributed by atoms with van der Waals surface area (Å²) >= 11 is 0. The van der Waals surface area contributed by atoms with Crippen LogP contribution in [0.5, 0.6) is 0 Å². The van der Waals surface area contributed by atoms with Crippen LogP contribution in [0, 0.1) is 5.82 Å². The van der Waals surface area contributed by atoms with E-state index in [2.05, 4.69) is 31.2 Å². The van der Waals surface area contributed by atoms with Crippen molar-refractivity contribution in [3.8, 4) is 0 Å². The first-order chi connectivity index (χ1) is 9.04. The topological polar surface area (TPSA) is 29.9 Å². The second-order valence-corrected chi connectivity index (χ2v) is 5.18. The number of hydrogen-bond donors (Lipinski definition) is 1. The minimum Gasteiger partial charge on any atom is -0.380 e. The number of rotatable bonds is 5. The number of anilines is 1. The van der Waals surface area contributed by atoms with Crippen molar-refractivity contribution in [2.45, 2.75) is 39.3 Å². The second-order valence-electron chi connectivity index (χ2n) is 5.18. The molecule has 1 aromatic heterocycles. The Kier molecular flexibility index (Phi) is 4.20. The largest absolute Gasteiger partial charge is 0.380 e. The van der Waals surface area contributed by atoms with Gasteiger partial charge in [0.25, 0.3) is 0 Å². The molecule has 0 saturated carbocycles. The van der Waals surface area contributed by atoms with E-state index in [9.17, 15) is 4.39 Å². The average molecular weight is 261 g/mol. The molecule has 0 fully saturated rings. The van der Waals surface area contributed by atoms with Gasteiger partial charge in [-0.1, -0.05) is 12.1 Å². The molecule has 1 aromatic carbocycles. The van der Waals surface area contributed by atoms with Crippen molar-refractivity contribution in [2.24, 2.45) is 0 Å². The summed E-state index contributed by atoms with van der Waals surface area (Å²) in [7, 11) is 0. The molecule has 19 heavy (non-hydrogen) atoms. The lowest BCUT2D eigenvalue weighted by Crippen LogP contribution is -2.17. The van der Waals surface area contributed by atoms with E-state index in [1.54, 1.807) is 0 Å².